The SMILES string of the molecule is CCOc1ccc(N(CC(=O)NC(C)C(C)C)S(=O)(=O)c2ccc(Cl)cc2)cc1. The predicted molar refractivity (Wildman–Crippen MR) is 116 cm³/mol. The van der Waals surface area contributed by atoms with E-state index in [1.165, 1.54) is 24.3 Å². The number of nitrogens with zero attached hydrogens (tertiary/aromatic N) is 1. The van der Waals surface area contributed by atoms with E-state index in [4.69, 9.17) is 16.3 Å². The van der Waals surface area contributed by atoms with Crippen molar-refractivity contribution in [1.29, 1.82) is 0 Å². The van der Waals surface area contributed by atoms with Gasteiger partial charge in [-0.3, -0.25) is 9.10 Å². The van der Waals surface area contributed by atoms with E-state index >= 15 is 0 Å². The highest BCUT2D eigenvalue weighted by molar-refractivity contribution is 7.92. The zero-order valence-corrected chi connectivity index (χ0v) is 18.6. The summed E-state index contributed by atoms with van der Waals surface area (Å²) in [5.41, 5.74) is 0.371. The van der Waals surface area contributed by atoms with Crippen molar-refractivity contribution in [2.24, 2.45) is 5.92 Å². The van der Waals surface area contributed by atoms with Crippen molar-refractivity contribution in [1.82, 2.24) is 5.32 Å². The molecule has 1 atom stereocenters. The van der Waals surface area contributed by atoms with Crippen LogP contribution in [-0.4, -0.2) is 33.5 Å². The van der Waals surface area contributed by atoms with Crippen molar-refractivity contribution in [3.05, 3.63) is 53.6 Å². The highest BCUT2D eigenvalue weighted by Gasteiger charge is 2.28. The number of hydrogen-bond donors (Lipinski definition) is 1. The molecule has 0 aromatic heterocycles. The Morgan fingerprint density at radius 1 is 1.07 bits per heavy atom. The van der Waals surface area contributed by atoms with Crippen molar-refractivity contribution in [2.45, 2.75) is 38.6 Å². The molecule has 29 heavy (non-hydrogen) atoms. The Morgan fingerprint density at radius 3 is 2.17 bits per heavy atom. The first kappa shape index (κ1) is 23.0. The summed E-state index contributed by atoms with van der Waals surface area (Å²) in [6, 6.07) is 12.4. The van der Waals surface area contributed by atoms with Gasteiger partial charge in [0, 0.05) is 11.1 Å². The second-order valence-electron chi connectivity index (χ2n) is 6.99. The molecule has 0 fully saturated rings. The lowest BCUT2D eigenvalue weighted by Gasteiger charge is -2.26. The number of ether oxygens (including phenoxy) is 1. The maximum Gasteiger partial charge on any atom is 0.264 e. The van der Waals surface area contributed by atoms with Crippen LogP contribution in [0.15, 0.2) is 53.4 Å². The fourth-order valence-corrected chi connectivity index (χ4v) is 4.07. The molecule has 0 spiro atoms. The molecule has 0 aliphatic heterocycles. The minimum Gasteiger partial charge on any atom is -0.494 e. The van der Waals surface area contributed by atoms with Crippen LogP contribution in [0.5, 0.6) is 5.75 Å². The van der Waals surface area contributed by atoms with Crippen LogP contribution >= 0.6 is 11.6 Å². The van der Waals surface area contributed by atoms with Gasteiger partial charge in [0.1, 0.15) is 12.3 Å². The van der Waals surface area contributed by atoms with Gasteiger partial charge in [-0.2, -0.15) is 0 Å². The second kappa shape index (κ2) is 9.98. The van der Waals surface area contributed by atoms with Crippen molar-refractivity contribution in [2.75, 3.05) is 17.5 Å². The summed E-state index contributed by atoms with van der Waals surface area (Å²) < 4.78 is 33.1. The van der Waals surface area contributed by atoms with Crippen LogP contribution in [0.1, 0.15) is 27.7 Å². The quantitative estimate of drug-likeness (QED) is 0.639. The predicted octanol–water partition coefficient (Wildman–Crippen LogP) is 4.09. The summed E-state index contributed by atoms with van der Waals surface area (Å²) >= 11 is 5.89. The Morgan fingerprint density at radius 2 is 1.66 bits per heavy atom. The van der Waals surface area contributed by atoms with Gasteiger partial charge in [-0.25, -0.2) is 8.42 Å². The topological polar surface area (TPSA) is 75.7 Å². The third kappa shape index (κ3) is 6.11. The minimum atomic E-state index is -3.97. The molecule has 1 unspecified atom stereocenters. The Kier molecular flexibility index (Phi) is 7.93. The third-order valence-corrected chi connectivity index (χ3v) is 6.55. The minimum absolute atomic E-state index is 0.0560. The van der Waals surface area contributed by atoms with E-state index in [0.29, 0.717) is 23.1 Å². The number of rotatable bonds is 9. The molecular formula is C21H27ClN2O4S. The lowest BCUT2D eigenvalue weighted by atomic mass is 10.1. The van der Waals surface area contributed by atoms with Crippen LogP contribution in [0.2, 0.25) is 5.02 Å². The molecule has 0 saturated heterocycles. The second-order valence-corrected chi connectivity index (χ2v) is 9.29. The van der Waals surface area contributed by atoms with E-state index in [0.717, 1.165) is 4.31 Å². The summed E-state index contributed by atoms with van der Waals surface area (Å²) in [6.07, 6.45) is 0. The van der Waals surface area contributed by atoms with Gasteiger partial charge in [-0.15, -0.1) is 0 Å². The van der Waals surface area contributed by atoms with Crippen LogP contribution < -0.4 is 14.4 Å². The number of benzene rings is 2. The van der Waals surface area contributed by atoms with E-state index in [9.17, 15) is 13.2 Å². The van der Waals surface area contributed by atoms with Gasteiger partial charge in [0.25, 0.3) is 10.0 Å². The molecule has 6 nitrogen and oxygen atoms in total. The highest BCUT2D eigenvalue weighted by atomic mass is 35.5. The number of amides is 1. The molecule has 0 aliphatic rings. The van der Waals surface area contributed by atoms with Gasteiger partial charge in [-0.1, -0.05) is 25.4 Å². The standard InChI is InChI=1S/C21H27ClN2O4S/c1-5-28-19-10-8-18(9-11-19)24(14-21(25)23-16(4)15(2)3)29(26,27)20-12-6-17(22)7-13-20/h6-13,15-16H,5,14H2,1-4H3,(H,23,25). The number of sulfonamides is 1. The molecule has 2 aromatic rings. The van der Waals surface area contributed by atoms with Crippen LogP contribution in [0.4, 0.5) is 5.69 Å². The van der Waals surface area contributed by atoms with Crippen molar-refractivity contribution in [3.8, 4) is 5.75 Å². The van der Waals surface area contributed by atoms with Crippen LogP contribution in [0.25, 0.3) is 0 Å². The number of carbonyl (C=O) groups excluding carboxylic acids is 1. The van der Waals surface area contributed by atoms with Crippen molar-refractivity contribution in [3.63, 3.8) is 0 Å². The van der Waals surface area contributed by atoms with Crippen LogP contribution in [0, 0.1) is 5.92 Å². The number of hydrogen-bond acceptors (Lipinski definition) is 4. The maximum absolute atomic E-state index is 13.3. The van der Waals surface area contributed by atoms with Gasteiger partial charge in [0.15, 0.2) is 0 Å². The van der Waals surface area contributed by atoms with E-state index in [1.807, 2.05) is 27.7 Å². The molecule has 1 N–H and O–H groups in total. The Balaban J connectivity index is 2.39. The van der Waals surface area contributed by atoms with E-state index in [-0.39, 0.29) is 29.3 Å². The fraction of sp³-hybridized carbons (Fsp3) is 0.381. The van der Waals surface area contributed by atoms with Crippen LogP contribution in [-0.2, 0) is 14.8 Å². The molecule has 0 saturated carbocycles. The highest BCUT2D eigenvalue weighted by Crippen LogP contribution is 2.26. The monoisotopic (exact) mass is 438 g/mol. The average molecular weight is 439 g/mol. The first-order valence-corrected chi connectivity index (χ1v) is 11.3. The molecular weight excluding hydrogens is 412 g/mol. The van der Waals surface area contributed by atoms with Gasteiger partial charge in [-0.05, 0) is 68.3 Å². The van der Waals surface area contributed by atoms with Gasteiger partial charge < -0.3 is 10.1 Å². The first-order chi connectivity index (χ1) is 13.6. The van der Waals surface area contributed by atoms with E-state index in [1.54, 1.807) is 24.3 Å². The average Bonchev–Trinajstić information content (AvgIpc) is 2.67. The summed E-state index contributed by atoms with van der Waals surface area (Å²) in [7, 11) is -3.97. The lowest BCUT2D eigenvalue weighted by molar-refractivity contribution is -0.120. The van der Waals surface area contributed by atoms with Gasteiger partial charge >= 0.3 is 0 Å². The molecule has 2 aromatic carbocycles. The zero-order valence-electron chi connectivity index (χ0n) is 17.1. The molecule has 2 rings (SSSR count). The normalized spacial score (nSPS) is 12.5. The lowest BCUT2D eigenvalue weighted by Crippen LogP contribution is -2.45. The molecule has 0 radical (unpaired) electrons. The molecule has 1 amide bonds. The van der Waals surface area contributed by atoms with Crippen molar-refractivity contribution >= 4 is 33.2 Å². The summed E-state index contributed by atoms with van der Waals surface area (Å²) in [5.74, 6) is 0.473. The summed E-state index contributed by atoms with van der Waals surface area (Å²) in [4.78, 5) is 12.6. The van der Waals surface area contributed by atoms with Crippen LogP contribution in [0.3, 0.4) is 0 Å². The molecule has 8 heteroatoms. The smallest absolute Gasteiger partial charge is 0.264 e. The number of anilines is 1. The molecule has 0 bridgehead atoms. The number of carbonyl (C=O) groups is 1. The van der Waals surface area contributed by atoms with E-state index in [2.05, 4.69) is 5.32 Å². The Labute approximate surface area is 177 Å². The summed E-state index contributed by atoms with van der Waals surface area (Å²) in [6.45, 7) is 7.89. The first-order valence-electron chi connectivity index (χ1n) is 9.45. The maximum atomic E-state index is 13.3. The zero-order chi connectivity index (χ0) is 21.6. The Bertz CT molecular complexity index is 913. The fourth-order valence-electron chi connectivity index (χ4n) is 2.52. The van der Waals surface area contributed by atoms with Crippen molar-refractivity contribution < 1.29 is 17.9 Å². The molecule has 158 valence electrons. The third-order valence-electron chi connectivity index (χ3n) is 4.51. The largest absolute Gasteiger partial charge is 0.494 e. The number of nitrogens with one attached hydrogen (secondary N) is 1. The molecule has 0 heterocycles. The van der Waals surface area contributed by atoms with Gasteiger partial charge in [0.2, 0.25) is 5.91 Å². The Hall–Kier alpha value is -2.25. The molecule has 0 aliphatic carbocycles. The van der Waals surface area contributed by atoms with Gasteiger partial charge in [0.05, 0.1) is 17.2 Å². The number of halogens is 1. The summed E-state index contributed by atoms with van der Waals surface area (Å²) in [5, 5.41) is 3.28. The van der Waals surface area contributed by atoms with E-state index < -0.39 is 10.0 Å².